The molecule has 0 unspecified atom stereocenters. The van der Waals surface area contributed by atoms with Crippen molar-refractivity contribution in [3.8, 4) is 0 Å². The molecule has 0 aliphatic carbocycles. The summed E-state index contributed by atoms with van der Waals surface area (Å²) in [5.41, 5.74) is 6.05. The Bertz CT molecular complexity index is 1320. The number of nitrogens with one attached hydrogen (secondary N) is 1. The third kappa shape index (κ3) is 5.56. The summed E-state index contributed by atoms with van der Waals surface area (Å²) in [6, 6.07) is 12.8. The average Bonchev–Trinajstić information content (AvgIpc) is 2.74. The topological polar surface area (TPSA) is 150 Å². The second-order valence-electron chi connectivity index (χ2n) is 7.02. The van der Waals surface area contributed by atoms with Crippen LogP contribution in [0.1, 0.15) is 17.8 Å². The number of carbonyl (C=O) groups excluding carboxylic acids is 2. The van der Waals surface area contributed by atoms with Crippen LogP contribution in [0.3, 0.4) is 0 Å². The number of aromatic nitrogens is 2. The number of amides is 1. The first-order chi connectivity index (χ1) is 15.2. The molecule has 0 fully saturated rings. The predicted octanol–water partition coefficient (Wildman–Crippen LogP) is 0.602. The Morgan fingerprint density at radius 2 is 1.81 bits per heavy atom. The first-order valence-electron chi connectivity index (χ1n) is 9.66. The number of nitrogens with two attached hydrogens (primary N) is 1. The van der Waals surface area contributed by atoms with Gasteiger partial charge in [-0.25, -0.2) is 18.1 Å². The van der Waals surface area contributed by atoms with Crippen molar-refractivity contribution in [1.82, 2.24) is 14.3 Å². The second-order valence-corrected chi connectivity index (χ2v) is 8.79. The maximum atomic E-state index is 12.7. The van der Waals surface area contributed by atoms with Crippen LogP contribution in [0.4, 0.5) is 0 Å². The van der Waals surface area contributed by atoms with Gasteiger partial charge >= 0.3 is 5.97 Å². The summed E-state index contributed by atoms with van der Waals surface area (Å²) in [6.07, 6.45) is -0.237. The molecule has 0 bridgehead atoms. The van der Waals surface area contributed by atoms with Crippen LogP contribution >= 0.6 is 0 Å². The van der Waals surface area contributed by atoms with Crippen molar-refractivity contribution >= 4 is 32.8 Å². The summed E-state index contributed by atoms with van der Waals surface area (Å²) in [4.78, 5) is 40.5. The Labute approximate surface area is 184 Å². The Balaban J connectivity index is 1.65. The van der Waals surface area contributed by atoms with E-state index in [9.17, 15) is 22.8 Å². The largest absolute Gasteiger partial charge is 0.457 e. The Morgan fingerprint density at radius 1 is 1.12 bits per heavy atom. The lowest BCUT2D eigenvalue weighted by molar-refractivity contribution is -0.145. The quantitative estimate of drug-likeness (QED) is 0.446. The summed E-state index contributed by atoms with van der Waals surface area (Å²) in [6.45, 7) is 0.873. The molecule has 11 heteroatoms. The summed E-state index contributed by atoms with van der Waals surface area (Å²) in [7, 11) is -3.76. The SMILES string of the molecule is Cc1ccc(S(=O)(=O)NCCC(=O)OCc2nc3ccccc3c(=O)n2CC(N)=O)cc1. The van der Waals surface area contributed by atoms with E-state index >= 15 is 0 Å². The van der Waals surface area contributed by atoms with Gasteiger partial charge in [-0.2, -0.15) is 0 Å². The van der Waals surface area contributed by atoms with Gasteiger partial charge in [-0.15, -0.1) is 0 Å². The van der Waals surface area contributed by atoms with E-state index in [2.05, 4.69) is 9.71 Å². The summed E-state index contributed by atoms with van der Waals surface area (Å²) in [5, 5.41) is 0.300. The smallest absolute Gasteiger partial charge is 0.307 e. The van der Waals surface area contributed by atoms with Crippen LogP contribution in [0.2, 0.25) is 0 Å². The summed E-state index contributed by atoms with van der Waals surface area (Å²) < 4.78 is 33.0. The van der Waals surface area contributed by atoms with Crippen molar-refractivity contribution in [2.75, 3.05) is 6.54 Å². The van der Waals surface area contributed by atoms with Crippen molar-refractivity contribution in [2.24, 2.45) is 5.73 Å². The molecule has 0 aliphatic rings. The number of sulfonamides is 1. The molecule has 0 saturated carbocycles. The molecule has 3 aromatic rings. The number of carbonyl (C=O) groups is 2. The van der Waals surface area contributed by atoms with Gasteiger partial charge in [0, 0.05) is 6.54 Å². The van der Waals surface area contributed by atoms with E-state index in [1.807, 2.05) is 6.92 Å². The number of fused-ring (bicyclic) bond motifs is 1. The summed E-state index contributed by atoms with van der Waals surface area (Å²) in [5.74, 6) is -1.40. The highest BCUT2D eigenvalue weighted by atomic mass is 32.2. The van der Waals surface area contributed by atoms with Gasteiger partial charge in [-0.05, 0) is 31.2 Å². The Kier molecular flexibility index (Phi) is 7.01. The fourth-order valence-electron chi connectivity index (χ4n) is 2.95. The van der Waals surface area contributed by atoms with Gasteiger partial charge in [0.15, 0.2) is 5.82 Å². The van der Waals surface area contributed by atoms with E-state index in [0.717, 1.165) is 10.1 Å². The predicted molar refractivity (Wildman–Crippen MR) is 116 cm³/mol. The van der Waals surface area contributed by atoms with Crippen LogP contribution in [0.25, 0.3) is 10.9 Å². The molecule has 2 aromatic carbocycles. The molecule has 32 heavy (non-hydrogen) atoms. The van der Waals surface area contributed by atoms with Gasteiger partial charge in [0.05, 0.1) is 22.2 Å². The first-order valence-corrected chi connectivity index (χ1v) is 11.1. The van der Waals surface area contributed by atoms with Crippen LogP contribution in [0.15, 0.2) is 58.2 Å². The molecule has 1 heterocycles. The Morgan fingerprint density at radius 3 is 2.50 bits per heavy atom. The zero-order valence-electron chi connectivity index (χ0n) is 17.3. The van der Waals surface area contributed by atoms with Crippen LogP contribution in [0.5, 0.6) is 0 Å². The zero-order chi connectivity index (χ0) is 23.3. The van der Waals surface area contributed by atoms with Crippen molar-refractivity contribution in [3.63, 3.8) is 0 Å². The van der Waals surface area contributed by atoms with Crippen molar-refractivity contribution in [3.05, 3.63) is 70.3 Å². The van der Waals surface area contributed by atoms with Crippen LogP contribution in [-0.4, -0.2) is 36.4 Å². The molecule has 1 aromatic heterocycles. The number of nitrogens with zero attached hydrogens (tertiary/aromatic N) is 2. The van der Waals surface area contributed by atoms with Crippen molar-refractivity contribution in [1.29, 1.82) is 0 Å². The normalized spacial score (nSPS) is 11.4. The number of para-hydroxylation sites is 1. The summed E-state index contributed by atoms with van der Waals surface area (Å²) >= 11 is 0. The minimum Gasteiger partial charge on any atom is -0.457 e. The molecule has 3 N–H and O–H groups in total. The van der Waals surface area contributed by atoms with Crippen molar-refractivity contribution in [2.45, 2.75) is 31.4 Å². The lowest BCUT2D eigenvalue weighted by Crippen LogP contribution is -2.32. The molecule has 0 spiro atoms. The minimum absolute atomic E-state index is 0.0566. The zero-order valence-corrected chi connectivity index (χ0v) is 18.1. The average molecular weight is 458 g/mol. The van der Waals surface area contributed by atoms with E-state index in [1.165, 1.54) is 12.1 Å². The number of aryl methyl sites for hydroxylation is 1. The molecule has 10 nitrogen and oxygen atoms in total. The van der Waals surface area contributed by atoms with E-state index in [1.54, 1.807) is 36.4 Å². The molecular weight excluding hydrogens is 436 g/mol. The third-order valence-electron chi connectivity index (χ3n) is 4.57. The highest BCUT2D eigenvalue weighted by Crippen LogP contribution is 2.11. The number of esters is 1. The number of hydrogen-bond donors (Lipinski definition) is 2. The molecule has 0 radical (unpaired) electrons. The number of ether oxygens (including phenoxy) is 1. The lowest BCUT2D eigenvalue weighted by atomic mass is 10.2. The van der Waals surface area contributed by atoms with Crippen LogP contribution < -0.4 is 16.0 Å². The molecule has 3 rings (SSSR count). The molecule has 1 amide bonds. The van der Waals surface area contributed by atoms with Crippen LogP contribution in [-0.2, 0) is 37.5 Å². The number of benzene rings is 2. The lowest BCUT2D eigenvalue weighted by Gasteiger charge is -2.12. The van der Waals surface area contributed by atoms with Gasteiger partial charge < -0.3 is 10.5 Å². The standard InChI is InChI=1S/C21H22N4O6S/c1-14-6-8-15(9-7-14)32(29,30)23-11-10-20(27)31-13-19-24-17-5-3-2-4-16(17)21(28)25(19)12-18(22)26/h2-9,23H,10-13H2,1H3,(H2,22,26). The van der Waals surface area contributed by atoms with Gasteiger partial charge in [0.2, 0.25) is 15.9 Å². The number of hydrogen-bond acceptors (Lipinski definition) is 7. The minimum atomic E-state index is -3.76. The maximum Gasteiger partial charge on any atom is 0.307 e. The van der Waals surface area contributed by atoms with E-state index in [0.29, 0.717) is 10.9 Å². The third-order valence-corrected chi connectivity index (χ3v) is 6.05. The molecule has 168 valence electrons. The monoisotopic (exact) mass is 458 g/mol. The van der Waals surface area contributed by atoms with E-state index < -0.39 is 34.0 Å². The number of rotatable bonds is 9. The van der Waals surface area contributed by atoms with Crippen LogP contribution in [0, 0.1) is 6.92 Å². The van der Waals surface area contributed by atoms with Gasteiger partial charge in [0.25, 0.3) is 5.56 Å². The fourth-order valence-corrected chi connectivity index (χ4v) is 3.98. The molecule has 0 saturated heterocycles. The number of primary amides is 1. The van der Waals surface area contributed by atoms with E-state index in [-0.39, 0.29) is 30.3 Å². The fraction of sp³-hybridized carbons (Fsp3) is 0.238. The van der Waals surface area contributed by atoms with Gasteiger partial charge in [-0.1, -0.05) is 29.8 Å². The van der Waals surface area contributed by atoms with E-state index in [4.69, 9.17) is 10.5 Å². The Hall–Kier alpha value is -3.57. The highest BCUT2D eigenvalue weighted by Gasteiger charge is 2.16. The van der Waals surface area contributed by atoms with Crippen molar-refractivity contribution < 1.29 is 22.7 Å². The van der Waals surface area contributed by atoms with Gasteiger partial charge in [0.1, 0.15) is 13.2 Å². The first kappa shape index (κ1) is 23.1. The molecular formula is C21H22N4O6S. The van der Waals surface area contributed by atoms with Gasteiger partial charge in [-0.3, -0.25) is 19.0 Å². The highest BCUT2D eigenvalue weighted by molar-refractivity contribution is 7.89. The second kappa shape index (κ2) is 9.71. The molecule has 0 atom stereocenters. The molecule has 0 aliphatic heterocycles. The maximum absolute atomic E-state index is 12.7.